The third-order valence-corrected chi connectivity index (χ3v) is 6.76. The SMILES string of the molecule is CCOc1cc2ncc(C#N)c(Nc3ccc(OCc4ncccc4C(F)(F)F)cc3Cl)c2cc1NC(=O)CCCN(C)C. The summed E-state index contributed by atoms with van der Waals surface area (Å²) in [6, 6.07) is 12.2. The number of nitrogens with zero attached hydrogens (tertiary/aromatic N) is 4. The molecule has 2 N–H and O–H groups in total. The van der Waals surface area contributed by atoms with Gasteiger partial charge >= 0.3 is 6.18 Å². The van der Waals surface area contributed by atoms with E-state index in [1.165, 1.54) is 30.6 Å². The summed E-state index contributed by atoms with van der Waals surface area (Å²) in [6.07, 6.45) is -0.907. The lowest BCUT2D eigenvalue weighted by Gasteiger charge is -2.17. The molecular formula is C31H30ClF3N6O3. The van der Waals surface area contributed by atoms with Crippen molar-refractivity contribution in [3.8, 4) is 17.6 Å². The Labute approximate surface area is 257 Å². The number of halogens is 4. The molecule has 0 radical (unpaired) electrons. The van der Waals surface area contributed by atoms with Gasteiger partial charge in [-0.3, -0.25) is 14.8 Å². The number of carbonyl (C=O) groups excluding carboxylic acids is 1. The summed E-state index contributed by atoms with van der Waals surface area (Å²) in [5.74, 6) is 0.475. The Morgan fingerprint density at radius 3 is 2.59 bits per heavy atom. The number of benzene rings is 2. The van der Waals surface area contributed by atoms with E-state index in [0.717, 1.165) is 12.6 Å². The Kier molecular flexibility index (Phi) is 10.5. The maximum absolute atomic E-state index is 13.3. The molecule has 0 spiro atoms. The average molecular weight is 627 g/mol. The predicted molar refractivity (Wildman–Crippen MR) is 162 cm³/mol. The molecule has 0 aliphatic heterocycles. The molecule has 0 aliphatic carbocycles. The highest BCUT2D eigenvalue weighted by atomic mass is 35.5. The van der Waals surface area contributed by atoms with Crippen molar-refractivity contribution < 1.29 is 27.4 Å². The number of aromatic nitrogens is 2. The summed E-state index contributed by atoms with van der Waals surface area (Å²) in [7, 11) is 3.87. The Morgan fingerprint density at radius 1 is 1.11 bits per heavy atom. The number of fused-ring (bicyclic) bond motifs is 1. The van der Waals surface area contributed by atoms with Crippen LogP contribution in [0.5, 0.6) is 11.5 Å². The van der Waals surface area contributed by atoms with Crippen molar-refractivity contribution in [1.82, 2.24) is 14.9 Å². The van der Waals surface area contributed by atoms with Crippen LogP contribution in [0.15, 0.2) is 54.9 Å². The first-order valence-corrected chi connectivity index (χ1v) is 14.0. The molecule has 2 aromatic heterocycles. The number of nitrogens with one attached hydrogen (secondary N) is 2. The van der Waals surface area contributed by atoms with Gasteiger partial charge in [-0.15, -0.1) is 0 Å². The Balaban J connectivity index is 1.61. The van der Waals surface area contributed by atoms with Gasteiger partial charge in [-0.25, -0.2) is 0 Å². The van der Waals surface area contributed by atoms with E-state index in [0.29, 0.717) is 53.2 Å². The average Bonchev–Trinajstić information content (AvgIpc) is 2.97. The molecule has 2 aromatic carbocycles. The molecule has 44 heavy (non-hydrogen) atoms. The molecule has 0 aliphatic rings. The second-order valence-electron chi connectivity index (χ2n) is 9.96. The summed E-state index contributed by atoms with van der Waals surface area (Å²) < 4.78 is 51.3. The van der Waals surface area contributed by atoms with Crippen molar-refractivity contribution in [2.75, 3.05) is 37.9 Å². The van der Waals surface area contributed by atoms with E-state index in [1.807, 2.05) is 25.9 Å². The van der Waals surface area contributed by atoms with Crippen LogP contribution in [0.2, 0.25) is 5.02 Å². The van der Waals surface area contributed by atoms with Crippen LogP contribution in [-0.4, -0.2) is 48.0 Å². The first kappa shape index (κ1) is 32.3. The number of alkyl halides is 3. The fourth-order valence-corrected chi connectivity index (χ4v) is 4.58. The highest BCUT2D eigenvalue weighted by Gasteiger charge is 2.34. The number of rotatable bonds is 12. The first-order chi connectivity index (χ1) is 21.0. The standard InChI is InChI=1S/C31H30ClF3N6O3/c1-4-43-28-15-25-21(14-26(28)39-29(42)8-6-12-41(2)3)30(19(16-36)17-38-25)40-24-10-9-20(13-23(24)32)44-18-27-22(31(33,34)35)7-5-11-37-27/h5,7,9-11,13-15,17H,4,6,8,12,18H2,1-3H3,(H,38,40)(H,39,42). The minimum Gasteiger partial charge on any atom is -0.492 e. The van der Waals surface area contributed by atoms with Crippen molar-refractivity contribution in [3.05, 3.63) is 76.7 Å². The summed E-state index contributed by atoms with van der Waals surface area (Å²) >= 11 is 6.53. The van der Waals surface area contributed by atoms with E-state index >= 15 is 0 Å². The minimum absolute atomic E-state index is 0.183. The number of hydrogen-bond acceptors (Lipinski definition) is 8. The van der Waals surface area contributed by atoms with Crippen LogP contribution >= 0.6 is 11.6 Å². The monoisotopic (exact) mass is 626 g/mol. The zero-order valence-corrected chi connectivity index (χ0v) is 25.0. The third-order valence-electron chi connectivity index (χ3n) is 6.44. The summed E-state index contributed by atoms with van der Waals surface area (Å²) in [5, 5.41) is 16.7. The maximum atomic E-state index is 13.3. The largest absolute Gasteiger partial charge is 0.492 e. The van der Waals surface area contributed by atoms with Crippen molar-refractivity contribution in [2.45, 2.75) is 32.5 Å². The number of ether oxygens (including phenoxy) is 2. The van der Waals surface area contributed by atoms with Gasteiger partial charge in [0.05, 0.1) is 51.0 Å². The maximum Gasteiger partial charge on any atom is 0.418 e. The quantitative estimate of drug-likeness (QED) is 0.170. The van der Waals surface area contributed by atoms with E-state index in [4.69, 9.17) is 21.1 Å². The zero-order chi connectivity index (χ0) is 31.9. The zero-order valence-electron chi connectivity index (χ0n) is 24.3. The highest BCUT2D eigenvalue weighted by Crippen LogP contribution is 2.38. The van der Waals surface area contributed by atoms with Gasteiger partial charge in [0.15, 0.2) is 0 Å². The number of hydrogen-bond donors (Lipinski definition) is 2. The van der Waals surface area contributed by atoms with Gasteiger partial charge in [0, 0.05) is 36.3 Å². The van der Waals surface area contributed by atoms with Gasteiger partial charge in [0.2, 0.25) is 5.91 Å². The van der Waals surface area contributed by atoms with Crippen molar-refractivity contribution in [2.24, 2.45) is 0 Å². The van der Waals surface area contributed by atoms with Crippen LogP contribution < -0.4 is 20.1 Å². The predicted octanol–water partition coefficient (Wildman–Crippen LogP) is 7.18. The molecule has 230 valence electrons. The topological polar surface area (TPSA) is 112 Å². The summed E-state index contributed by atoms with van der Waals surface area (Å²) in [4.78, 5) is 22.9. The number of nitriles is 1. The van der Waals surface area contributed by atoms with Gasteiger partial charge < -0.3 is 25.0 Å². The van der Waals surface area contributed by atoms with Gasteiger partial charge in [-0.2, -0.15) is 18.4 Å². The van der Waals surface area contributed by atoms with Gasteiger partial charge in [0.25, 0.3) is 0 Å². The molecule has 4 aromatic rings. The Bertz CT molecular complexity index is 1690. The number of pyridine rings is 2. The van der Waals surface area contributed by atoms with Crippen LogP contribution in [0.3, 0.4) is 0 Å². The molecule has 0 fully saturated rings. The summed E-state index contributed by atoms with van der Waals surface area (Å²) in [5.41, 5.74) is 0.810. The highest BCUT2D eigenvalue weighted by molar-refractivity contribution is 6.33. The van der Waals surface area contributed by atoms with E-state index in [-0.39, 0.29) is 27.9 Å². The molecule has 2 heterocycles. The Morgan fingerprint density at radius 2 is 1.91 bits per heavy atom. The fourth-order valence-electron chi connectivity index (χ4n) is 4.36. The smallest absolute Gasteiger partial charge is 0.418 e. The lowest BCUT2D eigenvalue weighted by Crippen LogP contribution is -2.17. The molecule has 0 bridgehead atoms. The van der Waals surface area contributed by atoms with Crippen LogP contribution in [0.1, 0.15) is 36.6 Å². The van der Waals surface area contributed by atoms with Crippen LogP contribution in [0, 0.1) is 11.3 Å². The van der Waals surface area contributed by atoms with Crippen molar-refractivity contribution in [1.29, 1.82) is 5.26 Å². The molecule has 9 nitrogen and oxygen atoms in total. The van der Waals surface area contributed by atoms with Gasteiger partial charge in [-0.05, 0) is 64.3 Å². The van der Waals surface area contributed by atoms with Crippen LogP contribution in [-0.2, 0) is 17.6 Å². The van der Waals surface area contributed by atoms with E-state index in [2.05, 4.69) is 26.7 Å². The van der Waals surface area contributed by atoms with Crippen molar-refractivity contribution in [3.63, 3.8) is 0 Å². The second-order valence-corrected chi connectivity index (χ2v) is 10.4. The summed E-state index contributed by atoms with van der Waals surface area (Å²) in [6.45, 7) is 2.53. The van der Waals surface area contributed by atoms with Crippen molar-refractivity contribution >= 4 is 45.5 Å². The molecule has 0 saturated heterocycles. The fraction of sp³-hybridized carbons (Fsp3) is 0.290. The molecule has 0 atom stereocenters. The van der Waals surface area contributed by atoms with Gasteiger partial charge in [0.1, 0.15) is 24.2 Å². The Hall–Kier alpha value is -4.60. The molecule has 1 amide bonds. The second kappa shape index (κ2) is 14.2. The molecule has 13 heteroatoms. The normalized spacial score (nSPS) is 11.3. The lowest BCUT2D eigenvalue weighted by atomic mass is 10.1. The van der Waals surface area contributed by atoms with E-state index in [9.17, 15) is 23.2 Å². The first-order valence-electron chi connectivity index (χ1n) is 13.6. The molecular weight excluding hydrogens is 597 g/mol. The number of carbonyl (C=O) groups is 1. The number of amides is 1. The molecule has 0 unspecified atom stereocenters. The van der Waals surface area contributed by atoms with Crippen LogP contribution in [0.25, 0.3) is 10.9 Å². The molecule has 0 saturated carbocycles. The third kappa shape index (κ3) is 8.06. The van der Waals surface area contributed by atoms with Crippen LogP contribution in [0.4, 0.5) is 30.2 Å². The molecule has 4 rings (SSSR count). The lowest BCUT2D eigenvalue weighted by molar-refractivity contribution is -0.138. The van der Waals surface area contributed by atoms with Gasteiger partial charge in [-0.1, -0.05) is 11.6 Å². The number of anilines is 3. The van der Waals surface area contributed by atoms with E-state index in [1.54, 1.807) is 18.2 Å². The minimum atomic E-state index is -4.57. The van der Waals surface area contributed by atoms with E-state index < -0.39 is 18.3 Å².